The summed E-state index contributed by atoms with van der Waals surface area (Å²) in [5, 5.41) is 5.93. The molecule has 2 aliphatic rings. The minimum Gasteiger partial charge on any atom is -0.342 e. The highest BCUT2D eigenvalue weighted by molar-refractivity contribution is 6.10. The predicted molar refractivity (Wildman–Crippen MR) is 107 cm³/mol. The number of carbonyl (C=O) groups is 3. The summed E-state index contributed by atoms with van der Waals surface area (Å²) < 4.78 is 0. The fourth-order valence-electron chi connectivity index (χ4n) is 3.71. The number of anilines is 2. The van der Waals surface area contributed by atoms with Gasteiger partial charge in [0.2, 0.25) is 17.7 Å². The van der Waals surface area contributed by atoms with Crippen LogP contribution >= 0.6 is 12.4 Å². The van der Waals surface area contributed by atoms with Crippen LogP contribution in [0.5, 0.6) is 0 Å². The summed E-state index contributed by atoms with van der Waals surface area (Å²) >= 11 is 0. The van der Waals surface area contributed by atoms with Crippen LogP contribution in [0.3, 0.4) is 0 Å². The number of carbonyl (C=O) groups excluding carboxylic acids is 3. The van der Waals surface area contributed by atoms with Gasteiger partial charge in [0.15, 0.2) is 0 Å². The molecule has 0 aromatic heterocycles. The summed E-state index contributed by atoms with van der Waals surface area (Å²) in [5.41, 5.74) is 1.32. The average Bonchev–Trinajstić information content (AvgIpc) is 2.65. The van der Waals surface area contributed by atoms with Crippen molar-refractivity contribution < 1.29 is 14.4 Å². The van der Waals surface area contributed by atoms with E-state index in [4.69, 9.17) is 0 Å². The molecule has 3 rings (SSSR count). The lowest BCUT2D eigenvalue weighted by Crippen LogP contribution is -2.44. The molecule has 7 nitrogen and oxygen atoms in total. The Kier molecular flexibility index (Phi) is 7.62. The number of hydrogen-bond acceptors (Lipinski definition) is 4. The topological polar surface area (TPSA) is 81.8 Å². The lowest BCUT2D eigenvalue weighted by atomic mass is 9.97. The molecule has 0 spiro atoms. The van der Waals surface area contributed by atoms with Gasteiger partial charge in [-0.15, -0.1) is 12.4 Å². The highest BCUT2D eigenvalue weighted by Gasteiger charge is 2.28. The highest BCUT2D eigenvalue weighted by atomic mass is 35.5. The van der Waals surface area contributed by atoms with Crippen LogP contribution in [-0.2, 0) is 14.4 Å². The van der Waals surface area contributed by atoms with Crippen LogP contribution < -0.4 is 15.5 Å². The second-order valence-electron chi connectivity index (χ2n) is 6.95. The number of hydrogen-bond donors (Lipinski definition) is 2. The molecule has 1 saturated heterocycles. The summed E-state index contributed by atoms with van der Waals surface area (Å²) in [6.45, 7) is 2.42. The molecule has 2 heterocycles. The molecule has 1 unspecified atom stereocenters. The number of piperidine rings is 1. The van der Waals surface area contributed by atoms with Gasteiger partial charge in [-0.05, 0) is 44.5 Å². The molecule has 0 saturated carbocycles. The molecular formula is C19H27ClN4O3. The molecule has 0 radical (unpaired) electrons. The van der Waals surface area contributed by atoms with Gasteiger partial charge in [-0.1, -0.05) is 12.1 Å². The number of amides is 3. The summed E-state index contributed by atoms with van der Waals surface area (Å²) in [5.74, 6) is 0.0960. The van der Waals surface area contributed by atoms with E-state index in [1.807, 2.05) is 30.1 Å². The molecular weight excluding hydrogens is 368 g/mol. The van der Waals surface area contributed by atoms with Gasteiger partial charge in [0.05, 0.1) is 11.4 Å². The highest BCUT2D eigenvalue weighted by Crippen LogP contribution is 2.29. The number of nitrogens with one attached hydrogen (secondary N) is 2. The molecule has 1 atom stereocenters. The van der Waals surface area contributed by atoms with Crippen molar-refractivity contribution in [2.75, 3.05) is 43.4 Å². The smallest absolute Gasteiger partial charge is 0.244 e. The van der Waals surface area contributed by atoms with E-state index in [0.717, 1.165) is 32.5 Å². The van der Waals surface area contributed by atoms with Gasteiger partial charge < -0.3 is 20.4 Å². The van der Waals surface area contributed by atoms with Crippen molar-refractivity contribution in [3.05, 3.63) is 24.3 Å². The van der Waals surface area contributed by atoms with Crippen molar-refractivity contribution in [3.63, 3.8) is 0 Å². The normalized spacial score (nSPS) is 19.0. The van der Waals surface area contributed by atoms with Gasteiger partial charge >= 0.3 is 0 Å². The first-order chi connectivity index (χ1) is 12.6. The van der Waals surface area contributed by atoms with Crippen molar-refractivity contribution in [2.24, 2.45) is 5.92 Å². The Morgan fingerprint density at radius 1 is 1.22 bits per heavy atom. The van der Waals surface area contributed by atoms with Crippen LogP contribution in [0.4, 0.5) is 11.4 Å². The second kappa shape index (κ2) is 9.71. The molecule has 1 aromatic rings. The minimum absolute atomic E-state index is 0. The van der Waals surface area contributed by atoms with E-state index in [1.54, 1.807) is 6.07 Å². The summed E-state index contributed by atoms with van der Waals surface area (Å²) in [6.07, 6.45) is 2.44. The molecule has 1 fully saturated rings. The molecule has 2 aliphatic heterocycles. The standard InChI is InChI=1S/C19H26N4O3.ClH/c1-20-11-14-5-4-10-22(12-14)18(25)8-9-19(26)23-13-17(24)21-15-6-2-3-7-16(15)23;/h2-3,6-7,14,20H,4-5,8-13H2,1H3,(H,21,24);1H. The first kappa shape index (κ1) is 21.2. The SMILES string of the molecule is CNCC1CCCN(C(=O)CCC(=O)N2CC(=O)Nc3ccccc32)C1.Cl. The Hall–Kier alpha value is -2.12. The van der Waals surface area contributed by atoms with Gasteiger partial charge in [-0.3, -0.25) is 14.4 Å². The number of fused-ring (bicyclic) bond motifs is 1. The Morgan fingerprint density at radius 3 is 2.74 bits per heavy atom. The van der Waals surface area contributed by atoms with Crippen LogP contribution in [-0.4, -0.2) is 55.8 Å². The van der Waals surface area contributed by atoms with E-state index in [1.165, 1.54) is 4.90 Å². The molecule has 3 amide bonds. The van der Waals surface area contributed by atoms with Gasteiger partial charge in [-0.25, -0.2) is 0 Å². The Labute approximate surface area is 165 Å². The van der Waals surface area contributed by atoms with Gasteiger partial charge in [0.25, 0.3) is 0 Å². The monoisotopic (exact) mass is 394 g/mol. The van der Waals surface area contributed by atoms with Gasteiger partial charge in [0, 0.05) is 25.9 Å². The largest absolute Gasteiger partial charge is 0.342 e. The Bertz CT molecular complexity index is 695. The summed E-state index contributed by atoms with van der Waals surface area (Å²) in [4.78, 5) is 40.3. The molecule has 0 bridgehead atoms. The van der Waals surface area contributed by atoms with Crippen molar-refractivity contribution in [3.8, 4) is 0 Å². The van der Waals surface area contributed by atoms with Crippen LogP contribution in [0.2, 0.25) is 0 Å². The maximum Gasteiger partial charge on any atom is 0.244 e. The minimum atomic E-state index is -0.214. The van der Waals surface area contributed by atoms with Crippen LogP contribution in [0.25, 0.3) is 0 Å². The van der Waals surface area contributed by atoms with Gasteiger partial charge in [-0.2, -0.15) is 0 Å². The zero-order valence-electron chi connectivity index (χ0n) is 15.6. The Morgan fingerprint density at radius 2 is 1.96 bits per heavy atom. The zero-order chi connectivity index (χ0) is 18.5. The zero-order valence-corrected chi connectivity index (χ0v) is 16.4. The molecule has 0 aliphatic carbocycles. The van der Waals surface area contributed by atoms with Crippen molar-refractivity contribution >= 4 is 41.5 Å². The Balaban J connectivity index is 0.00000261. The van der Waals surface area contributed by atoms with Crippen molar-refractivity contribution in [1.29, 1.82) is 0 Å². The third kappa shape index (κ3) is 5.20. The number of para-hydroxylation sites is 2. The molecule has 2 N–H and O–H groups in total. The number of rotatable bonds is 5. The average molecular weight is 395 g/mol. The van der Waals surface area contributed by atoms with Gasteiger partial charge in [0.1, 0.15) is 6.54 Å². The van der Waals surface area contributed by atoms with Crippen LogP contribution in [0.15, 0.2) is 24.3 Å². The quantitative estimate of drug-likeness (QED) is 0.795. The number of benzene rings is 1. The fourth-order valence-corrected chi connectivity index (χ4v) is 3.71. The fraction of sp³-hybridized carbons (Fsp3) is 0.526. The lowest BCUT2D eigenvalue weighted by molar-refractivity contribution is -0.134. The van der Waals surface area contributed by atoms with E-state index in [-0.39, 0.29) is 49.5 Å². The van der Waals surface area contributed by atoms with E-state index in [0.29, 0.717) is 17.3 Å². The molecule has 148 valence electrons. The maximum absolute atomic E-state index is 12.6. The van der Waals surface area contributed by atoms with E-state index in [2.05, 4.69) is 10.6 Å². The number of nitrogens with zero attached hydrogens (tertiary/aromatic N) is 2. The summed E-state index contributed by atoms with van der Waals surface area (Å²) in [6, 6.07) is 7.22. The maximum atomic E-state index is 12.6. The second-order valence-corrected chi connectivity index (χ2v) is 6.95. The van der Waals surface area contributed by atoms with Crippen LogP contribution in [0, 0.1) is 5.92 Å². The predicted octanol–water partition coefficient (Wildman–Crippen LogP) is 1.63. The van der Waals surface area contributed by atoms with Crippen molar-refractivity contribution in [2.45, 2.75) is 25.7 Å². The number of likely N-dealkylation sites (tertiary alicyclic amines) is 1. The third-order valence-electron chi connectivity index (χ3n) is 4.99. The van der Waals surface area contributed by atoms with E-state index in [9.17, 15) is 14.4 Å². The van der Waals surface area contributed by atoms with Crippen molar-refractivity contribution in [1.82, 2.24) is 10.2 Å². The van der Waals surface area contributed by atoms with E-state index < -0.39 is 0 Å². The first-order valence-corrected chi connectivity index (χ1v) is 9.20. The van der Waals surface area contributed by atoms with E-state index >= 15 is 0 Å². The summed E-state index contributed by atoms with van der Waals surface area (Å²) in [7, 11) is 1.92. The first-order valence-electron chi connectivity index (χ1n) is 9.20. The number of halogens is 1. The third-order valence-corrected chi connectivity index (χ3v) is 4.99. The van der Waals surface area contributed by atoms with Crippen LogP contribution in [0.1, 0.15) is 25.7 Å². The lowest BCUT2D eigenvalue weighted by Gasteiger charge is -2.33. The molecule has 8 heteroatoms. The molecule has 27 heavy (non-hydrogen) atoms. The molecule has 1 aromatic carbocycles.